The molecule has 1 saturated heterocycles. The number of rotatable bonds is 4. The van der Waals surface area contributed by atoms with E-state index in [0.29, 0.717) is 6.04 Å². The lowest BCUT2D eigenvalue weighted by Gasteiger charge is -2.40. The molecule has 0 aromatic carbocycles. The topological polar surface area (TPSA) is 50.1 Å². The maximum atomic E-state index is 4.62. The molecule has 1 aliphatic carbocycles. The lowest BCUT2D eigenvalue weighted by molar-refractivity contribution is 0.174. The molecule has 2 aliphatic rings. The van der Waals surface area contributed by atoms with Crippen LogP contribution in [0, 0.1) is 0 Å². The first-order valence-corrected chi connectivity index (χ1v) is 9.08. The number of aryl methyl sites for hydroxylation is 2. The molecule has 3 heterocycles. The minimum Gasteiger partial charge on any atom is -0.353 e. The third-order valence-corrected chi connectivity index (χ3v) is 5.40. The number of fused-ring (bicyclic) bond motifs is 1. The van der Waals surface area contributed by atoms with Crippen molar-refractivity contribution in [2.75, 3.05) is 24.5 Å². The van der Waals surface area contributed by atoms with Gasteiger partial charge in [-0.3, -0.25) is 4.90 Å². The van der Waals surface area contributed by atoms with Gasteiger partial charge in [-0.2, -0.15) is 0 Å². The van der Waals surface area contributed by atoms with E-state index in [9.17, 15) is 0 Å². The molecule has 0 bridgehead atoms. The van der Waals surface area contributed by atoms with Crippen LogP contribution in [0.15, 0.2) is 18.7 Å². The zero-order valence-electron chi connectivity index (χ0n) is 14.6. The van der Waals surface area contributed by atoms with Gasteiger partial charge in [-0.1, -0.05) is 0 Å². The van der Waals surface area contributed by atoms with Crippen molar-refractivity contribution in [3.05, 3.63) is 35.8 Å². The molecule has 0 unspecified atom stereocenters. The average molecular weight is 326 g/mol. The summed E-state index contributed by atoms with van der Waals surface area (Å²) in [6.45, 7) is 9.50. The Bertz CT molecular complexity index is 709. The molecule has 0 saturated carbocycles. The Morgan fingerprint density at radius 3 is 2.92 bits per heavy atom. The fourth-order valence-electron chi connectivity index (χ4n) is 4.00. The van der Waals surface area contributed by atoms with Crippen LogP contribution in [-0.4, -0.2) is 50.1 Å². The summed E-state index contributed by atoms with van der Waals surface area (Å²) in [6, 6.07) is 0.493. The van der Waals surface area contributed by atoms with Gasteiger partial charge in [0.25, 0.3) is 0 Å². The van der Waals surface area contributed by atoms with E-state index in [1.807, 2.05) is 6.20 Å². The van der Waals surface area contributed by atoms with Gasteiger partial charge in [-0.15, -0.1) is 0 Å². The average Bonchev–Trinajstić information content (AvgIpc) is 3.24. The van der Waals surface area contributed by atoms with Crippen LogP contribution in [-0.2, 0) is 25.9 Å². The Morgan fingerprint density at radius 1 is 1.17 bits per heavy atom. The van der Waals surface area contributed by atoms with Gasteiger partial charge in [0, 0.05) is 55.9 Å². The number of imidazole rings is 1. The number of piperazine rings is 1. The molecule has 6 heteroatoms. The second-order valence-electron chi connectivity index (χ2n) is 6.87. The van der Waals surface area contributed by atoms with E-state index in [1.165, 1.54) is 29.3 Å². The second-order valence-corrected chi connectivity index (χ2v) is 6.87. The van der Waals surface area contributed by atoms with Crippen LogP contribution in [0.25, 0.3) is 0 Å². The third kappa shape index (κ3) is 2.79. The molecule has 1 fully saturated rings. The molecule has 0 amide bonds. The molecule has 0 radical (unpaired) electrons. The molecule has 2 aromatic heterocycles. The molecule has 2 aromatic rings. The van der Waals surface area contributed by atoms with E-state index in [-0.39, 0.29) is 0 Å². The van der Waals surface area contributed by atoms with Gasteiger partial charge in [0.2, 0.25) is 0 Å². The van der Waals surface area contributed by atoms with Crippen molar-refractivity contribution in [2.45, 2.75) is 52.2 Å². The van der Waals surface area contributed by atoms with E-state index < -0.39 is 0 Å². The van der Waals surface area contributed by atoms with Crippen LogP contribution in [0.5, 0.6) is 0 Å². The summed E-state index contributed by atoms with van der Waals surface area (Å²) in [5.74, 6) is 2.35. The molecule has 4 rings (SSSR count). The summed E-state index contributed by atoms with van der Waals surface area (Å²) in [5, 5.41) is 0. The van der Waals surface area contributed by atoms with Crippen LogP contribution in [0.1, 0.15) is 37.4 Å². The molecule has 1 aliphatic heterocycles. The van der Waals surface area contributed by atoms with Crippen LogP contribution in [0.2, 0.25) is 0 Å². The van der Waals surface area contributed by atoms with Crippen LogP contribution in [0.3, 0.4) is 0 Å². The van der Waals surface area contributed by atoms with E-state index >= 15 is 0 Å². The molecular weight excluding hydrogens is 300 g/mol. The van der Waals surface area contributed by atoms with Gasteiger partial charge in [0.15, 0.2) is 0 Å². The Hall–Kier alpha value is -1.95. The van der Waals surface area contributed by atoms with Crippen molar-refractivity contribution < 1.29 is 0 Å². The lowest BCUT2D eigenvalue weighted by atomic mass is 10.1. The molecule has 24 heavy (non-hydrogen) atoms. The highest BCUT2D eigenvalue weighted by Crippen LogP contribution is 2.29. The standard InChI is InChI=1S/C18H26N6/c1-3-22-8-7-19-17(22)12-23-9-10-24(11-14(23)2)18-15-5-4-6-16(15)20-13-21-18/h7-8,13-14H,3-6,9-12H2,1-2H3/t14-/m1/s1. The zero-order valence-corrected chi connectivity index (χ0v) is 14.6. The molecule has 6 nitrogen and oxygen atoms in total. The number of nitrogens with zero attached hydrogens (tertiary/aromatic N) is 6. The predicted octanol–water partition coefficient (Wildman–Crippen LogP) is 1.89. The van der Waals surface area contributed by atoms with Crippen molar-refractivity contribution in [2.24, 2.45) is 0 Å². The van der Waals surface area contributed by atoms with Crippen molar-refractivity contribution in [1.82, 2.24) is 24.4 Å². The minimum atomic E-state index is 0.493. The van der Waals surface area contributed by atoms with Gasteiger partial charge in [0.1, 0.15) is 18.0 Å². The van der Waals surface area contributed by atoms with E-state index in [4.69, 9.17) is 0 Å². The highest BCUT2D eigenvalue weighted by atomic mass is 15.3. The summed E-state index contributed by atoms with van der Waals surface area (Å²) in [4.78, 5) is 18.6. The molecule has 0 spiro atoms. The molecule has 1 atom stereocenters. The van der Waals surface area contributed by atoms with Crippen molar-refractivity contribution in [3.63, 3.8) is 0 Å². The maximum absolute atomic E-state index is 4.62. The Balaban J connectivity index is 1.46. The normalized spacial score (nSPS) is 21.2. The summed E-state index contributed by atoms with van der Waals surface area (Å²) in [6.07, 6.45) is 9.18. The van der Waals surface area contributed by atoms with Gasteiger partial charge >= 0.3 is 0 Å². The van der Waals surface area contributed by atoms with Gasteiger partial charge in [-0.25, -0.2) is 15.0 Å². The van der Waals surface area contributed by atoms with Crippen molar-refractivity contribution >= 4 is 5.82 Å². The number of anilines is 1. The first-order chi connectivity index (χ1) is 11.8. The highest BCUT2D eigenvalue weighted by molar-refractivity contribution is 5.51. The molecular formula is C18H26N6. The lowest BCUT2D eigenvalue weighted by Crippen LogP contribution is -2.52. The van der Waals surface area contributed by atoms with Crippen LogP contribution >= 0.6 is 0 Å². The fourth-order valence-corrected chi connectivity index (χ4v) is 4.00. The molecule has 128 valence electrons. The summed E-state index contributed by atoms with van der Waals surface area (Å²) >= 11 is 0. The van der Waals surface area contributed by atoms with Crippen molar-refractivity contribution in [3.8, 4) is 0 Å². The summed E-state index contributed by atoms with van der Waals surface area (Å²) in [5.41, 5.74) is 2.65. The second kappa shape index (κ2) is 6.51. The van der Waals surface area contributed by atoms with E-state index in [2.05, 4.69) is 49.4 Å². The van der Waals surface area contributed by atoms with Crippen LogP contribution < -0.4 is 4.90 Å². The largest absolute Gasteiger partial charge is 0.353 e. The smallest absolute Gasteiger partial charge is 0.135 e. The Kier molecular flexibility index (Phi) is 4.22. The Labute approximate surface area is 143 Å². The number of hydrogen-bond acceptors (Lipinski definition) is 5. The van der Waals surface area contributed by atoms with E-state index in [0.717, 1.165) is 45.6 Å². The Morgan fingerprint density at radius 2 is 2.08 bits per heavy atom. The quantitative estimate of drug-likeness (QED) is 0.859. The van der Waals surface area contributed by atoms with E-state index in [1.54, 1.807) is 6.33 Å². The fraction of sp³-hybridized carbons (Fsp3) is 0.611. The monoisotopic (exact) mass is 326 g/mol. The van der Waals surface area contributed by atoms with Gasteiger partial charge in [-0.05, 0) is 33.1 Å². The SMILES string of the molecule is CCn1ccnc1CN1CCN(c2ncnc3c2CCC3)C[C@H]1C. The highest BCUT2D eigenvalue weighted by Gasteiger charge is 2.28. The zero-order chi connectivity index (χ0) is 16.5. The molecule has 0 N–H and O–H groups in total. The third-order valence-electron chi connectivity index (χ3n) is 5.40. The number of hydrogen-bond donors (Lipinski definition) is 0. The van der Waals surface area contributed by atoms with Crippen LogP contribution in [0.4, 0.5) is 5.82 Å². The van der Waals surface area contributed by atoms with Crippen molar-refractivity contribution in [1.29, 1.82) is 0 Å². The summed E-state index contributed by atoms with van der Waals surface area (Å²) < 4.78 is 2.23. The first-order valence-electron chi connectivity index (χ1n) is 9.08. The number of aromatic nitrogens is 4. The maximum Gasteiger partial charge on any atom is 0.135 e. The van der Waals surface area contributed by atoms with Gasteiger partial charge in [0.05, 0.1) is 6.54 Å². The summed E-state index contributed by atoms with van der Waals surface area (Å²) in [7, 11) is 0. The van der Waals surface area contributed by atoms with Gasteiger partial charge < -0.3 is 9.47 Å². The first kappa shape index (κ1) is 15.6. The minimum absolute atomic E-state index is 0.493. The predicted molar refractivity (Wildman–Crippen MR) is 94.0 cm³/mol.